The first kappa shape index (κ1) is 11.9. The maximum Gasteiger partial charge on any atom is 1.00 e. The molecule has 6 nitrogen and oxygen atoms in total. The van der Waals surface area contributed by atoms with Gasteiger partial charge in [0.2, 0.25) is 0 Å². The molecule has 2 N–H and O–H groups in total. The fraction of sp³-hybridized carbons (Fsp3) is 0. The first-order chi connectivity index (χ1) is 3.63. The number of hydrogen-bond acceptors (Lipinski definition) is 5. The average molecular weight is 144 g/mol. The maximum atomic E-state index is 9.38. The van der Waals surface area contributed by atoms with Crippen LogP contribution in [0.3, 0.4) is 0 Å². The van der Waals surface area contributed by atoms with Crippen LogP contribution in [0.25, 0.3) is 0 Å². The molecule has 0 saturated heterocycles. The zero-order valence-electron chi connectivity index (χ0n) is 4.60. The Balaban J connectivity index is 0. The Labute approximate surface area is 72.8 Å². The summed E-state index contributed by atoms with van der Waals surface area (Å²) in [6.07, 6.45) is -1.78. The van der Waals surface area contributed by atoms with Gasteiger partial charge in [0.25, 0.3) is 0 Å². The Morgan fingerprint density at radius 2 is 2.11 bits per heavy atom. The molecule has 0 atom stereocenters. The first-order valence-electron chi connectivity index (χ1n) is 1.53. The molecular weight excluding hydrogens is 142 g/mol. The second kappa shape index (κ2) is 6.34. The molecule has 0 bridgehead atoms. The van der Waals surface area contributed by atoms with Gasteiger partial charge in [-0.05, 0) is 0 Å². The van der Waals surface area contributed by atoms with Crippen molar-refractivity contribution in [1.82, 2.24) is 0 Å². The van der Waals surface area contributed by atoms with E-state index in [1.54, 1.807) is 0 Å². The van der Waals surface area contributed by atoms with E-state index in [2.05, 4.69) is 9.69 Å². The average Bonchev–Trinajstić information content (AvgIpc) is 1.61. The van der Waals surface area contributed by atoms with Crippen LogP contribution in [0.4, 0.5) is 4.79 Å². The van der Waals surface area contributed by atoms with Crippen molar-refractivity contribution in [3.05, 3.63) is 0 Å². The fourth-order valence-corrected chi connectivity index (χ4v) is 0.0823. The van der Waals surface area contributed by atoms with Crippen molar-refractivity contribution >= 4 is 13.5 Å². The molecule has 46 valence electrons. The molecule has 0 aromatic carbocycles. The van der Waals surface area contributed by atoms with Crippen molar-refractivity contribution in [2.24, 2.45) is 0 Å². The monoisotopic (exact) mass is 144 g/mol. The molecule has 0 aliphatic carbocycles. The summed E-state index contributed by atoms with van der Waals surface area (Å²) in [4.78, 5) is 15.7. The Hall–Kier alpha value is 0.215. The molecule has 0 spiro atoms. The second-order valence-electron chi connectivity index (χ2n) is 0.753. The quantitative estimate of drug-likeness (QED) is 0.228. The summed E-state index contributed by atoms with van der Waals surface area (Å²) in [7, 11) is -2.47. The molecule has 8 heteroatoms. The van der Waals surface area contributed by atoms with Crippen LogP contribution in [0, 0.1) is 0 Å². The van der Waals surface area contributed by atoms with Gasteiger partial charge in [0.05, 0.1) is 0 Å². The van der Waals surface area contributed by atoms with Crippen LogP contribution < -0.4 is 34.6 Å². The summed E-state index contributed by atoms with van der Waals surface area (Å²) in [5, 5.41) is 24.6. The van der Waals surface area contributed by atoms with Crippen molar-refractivity contribution in [1.29, 1.82) is 0 Å². The minimum Gasteiger partial charge on any atom is -0.829 e. The molecule has 9 heavy (non-hydrogen) atoms. The molecule has 0 rings (SSSR count). The van der Waals surface area contributed by atoms with Crippen molar-refractivity contribution < 1.29 is 59.2 Å². The number of hydrogen-bond donors (Lipinski definition) is 2. The Bertz CT molecular complexity index is 83.1. The van der Waals surface area contributed by atoms with E-state index < -0.39 is 13.5 Å². The molecule has 0 aromatic rings. The van der Waals surface area contributed by atoms with Crippen molar-refractivity contribution in [2.45, 2.75) is 0 Å². The zero-order valence-corrected chi connectivity index (χ0v) is 6.60. The van der Waals surface area contributed by atoms with E-state index in [0.29, 0.717) is 0 Å². The Morgan fingerprint density at radius 1 is 1.67 bits per heavy atom. The van der Waals surface area contributed by atoms with Crippen LogP contribution in [-0.4, -0.2) is 23.6 Å². The maximum absolute atomic E-state index is 9.38. The van der Waals surface area contributed by atoms with Crippen LogP contribution in [0.15, 0.2) is 0 Å². The number of carbonyl (C=O) groups is 1. The first-order valence-corrected chi connectivity index (χ1v) is 1.53. The third-order valence-electron chi connectivity index (χ3n) is 0.202. The van der Waals surface area contributed by atoms with Gasteiger partial charge in [-0.1, -0.05) is 0 Å². The molecule has 0 amide bonds. The normalized spacial score (nSPS) is 7.33. The van der Waals surface area contributed by atoms with E-state index in [-0.39, 0.29) is 29.6 Å². The molecule has 0 aliphatic heterocycles. The summed E-state index contributed by atoms with van der Waals surface area (Å²) >= 11 is 0. The van der Waals surface area contributed by atoms with Crippen molar-refractivity contribution in [2.75, 3.05) is 0 Å². The summed E-state index contributed by atoms with van der Waals surface area (Å²) in [6.45, 7) is 0. The third-order valence-corrected chi connectivity index (χ3v) is 0.202. The largest absolute Gasteiger partial charge is 1.00 e. The van der Waals surface area contributed by atoms with Gasteiger partial charge in [0.1, 0.15) is 0 Å². The smallest absolute Gasteiger partial charge is 0.829 e. The predicted octanol–water partition coefficient (Wildman–Crippen LogP) is -5.05. The Kier molecular flexibility index (Phi) is 8.41. The standard InChI is InChI=1S/CH2BO6.Na/c3-1(4)7-8-2(5)6;/h5H,(H,3,4);/q-1;+1. The molecule has 0 fully saturated rings. The summed E-state index contributed by atoms with van der Waals surface area (Å²) in [5.74, 6) is 0. The van der Waals surface area contributed by atoms with Crippen LogP contribution >= 0.6 is 0 Å². The van der Waals surface area contributed by atoms with E-state index >= 15 is 0 Å². The van der Waals surface area contributed by atoms with Crippen LogP contribution in [0.2, 0.25) is 0 Å². The van der Waals surface area contributed by atoms with E-state index in [1.807, 2.05) is 0 Å². The Morgan fingerprint density at radius 3 is 2.22 bits per heavy atom. The van der Waals surface area contributed by atoms with Crippen molar-refractivity contribution in [3.63, 3.8) is 0 Å². The van der Waals surface area contributed by atoms with Crippen LogP contribution in [-0.2, 0) is 9.69 Å². The zero-order chi connectivity index (χ0) is 6.57. The molecule has 0 heterocycles. The summed E-state index contributed by atoms with van der Waals surface area (Å²) in [5.41, 5.74) is 0. The minimum atomic E-state index is -2.47. The predicted molar refractivity (Wildman–Crippen MR) is 18.2 cm³/mol. The van der Waals surface area contributed by atoms with Crippen molar-refractivity contribution in [3.8, 4) is 0 Å². The van der Waals surface area contributed by atoms with Gasteiger partial charge in [-0.15, -0.1) is 0 Å². The van der Waals surface area contributed by atoms with Gasteiger partial charge in [0, 0.05) is 0 Å². The molecule has 0 saturated carbocycles. The minimum absolute atomic E-state index is 0. The number of carboxylic acid groups (broad SMARTS) is 1. The van der Waals surface area contributed by atoms with E-state index in [0.717, 1.165) is 0 Å². The molecule has 0 aromatic heterocycles. The van der Waals surface area contributed by atoms with Gasteiger partial charge in [0.15, 0.2) is 0 Å². The van der Waals surface area contributed by atoms with Crippen LogP contribution in [0.5, 0.6) is 0 Å². The molecular formula is CH2BNaO6. The van der Waals surface area contributed by atoms with E-state index in [1.165, 1.54) is 0 Å². The molecule has 0 unspecified atom stereocenters. The van der Waals surface area contributed by atoms with Gasteiger partial charge in [-0.25, -0.2) is 9.60 Å². The van der Waals surface area contributed by atoms with Gasteiger partial charge in [-0.3, -0.25) is 4.89 Å². The summed E-state index contributed by atoms with van der Waals surface area (Å²) in [6, 6.07) is 0. The second-order valence-corrected chi connectivity index (χ2v) is 0.753. The van der Waals surface area contributed by atoms with Gasteiger partial charge >= 0.3 is 43.0 Å². The van der Waals surface area contributed by atoms with E-state index in [4.69, 9.17) is 10.1 Å². The molecule has 0 radical (unpaired) electrons. The van der Waals surface area contributed by atoms with Crippen LogP contribution in [0.1, 0.15) is 0 Å². The van der Waals surface area contributed by atoms with Gasteiger partial charge in [-0.2, -0.15) is 0 Å². The molecule has 0 aliphatic rings. The fourth-order valence-electron chi connectivity index (χ4n) is 0.0823. The summed E-state index contributed by atoms with van der Waals surface area (Å²) < 4.78 is 0. The third kappa shape index (κ3) is 11.7. The SMILES string of the molecule is O=C(O)OOB([O-])O.[Na+]. The van der Waals surface area contributed by atoms with E-state index in [9.17, 15) is 9.82 Å². The number of rotatable bonds is 2. The topological polar surface area (TPSA) is 99.1 Å². The van der Waals surface area contributed by atoms with Gasteiger partial charge < -0.3 is 15.2 Å².